The van der Waals surface area contributed by atoms with Crippen molar-refractivity contribution in [1.82, 2.24) is 9.97 Å². The lowest BCUT2D eigenvalue weighted by Crippen LogP contribution is -2.03. The van der Waals surface area contributed by atoms with Crippen LogP contribution in [0.2, 0.25) is 0 Å². The average molecular weight is 255 g/mol. The van der Waals surface area contributed by atoms with E-state index in [0.29, 0.717) is 5.56 Å². The molecule has 14 heavy (non-hydrogen) atoms. The Kier molecular flexibility index (Phi) is 4.08. The van der Waals surface area contributed by atoms with Gasteiger partial charge in [-0.2, -0.15) is 0 Å². The molecule has 0 amide bonds. The third-order valence-corrected chi connectivity index (χ3v) is 1.69. The van der Waals surface area contributed by atoms with E-state index < -0.39 is 5.97 Å². The molecule has 1 rings (SSSR count). The van der Waals surface area contributed by atoms with Crippen molar-refractivity contribution in [2.45, 2.75) is 6.42 Å². The van der Waals surface area contributed by atoms with Gasteiger partial charge in [-0.1, -0.05) is 27.8 Å². The van der Waals surface area contributed by atoms with Gasteiger partial charge in [-0.25, -0.2) is 14.8 Å². The molecular formula is C9H7BrN2O2. The summed E-state index contributed by atoms with van der Waals surface area (Å²) in [6, 6.07) is 0. The summed E-state index contributed by atoms with van der Waals surface area (Å²) in [4.78, 5) is 17.7. The maximum atomic E-state index is 10.4. The third-order valence-electron chi connectivity index (χ3n) is 1.30. The number of rotatable bonds is 2. The molecule has 5 heteroatoms. The van der Waals surface area contributed by atoms with Crippen LogP contribution in [0.1, 0.15) is 22.6 Å². The zero-order chi connectivity index (χ0) is 10.4. The topological polar surface area (TPSA) is 63.1 Å². The van der Waals surface area contributed by atoms with Crippen molar-refractivity contribution in [2.75, 3.05) is 5.33 Å². The van der Waals surface area contributed by atoms with Crippen LogP contribution >= 0.6 is 15.9 Å². The van der Waals surface area contributed by atoms with Crippen LogP contribution < -0.4 is 0 Å². The van der Waals surface area contributed by atoms with E-state index in [-0.39, 0.29) is 5.82 Å². The van der Waals surface area contributed by atoms with Crippen molar-refractivity contribution in [1.29, 1.82) is 0 Å². The number of carboxylic acid groups (broad SMARTS) is 1. The molecule has 4 nitrogen and oxygen atoms in total. The molecule has 0 saturated heterocycles. The number of aromatic carboxylic acids is 1. The molecule has 0 bridgehead atoms. The first-order chi connectivity index (χ1) is 6.74. The summed E-state index contributed by atoms with van der Waals surface area (Å²) >= 11 is 3.24. The summed E-state index contributed by atoms with van der Waals surface area (Å²) in [6.45, 7) is 0. The SMILES string of the molecule is O=C(O)c1ncc(C#CCCBr)cn1. The van der Waals surface area contributed by atoms with Crippen molar-refractivity contribution in [3.63, 3.8) is 0 Å². The van der Waals surface area contributed by atoms with Gasteiger partial charge in [0.2, 0.25) is 5.82 Å². The standard InChI is InChI=1S/C9H7BrN2O2/c10-4-2-1-3-7-5-11-8(9(13)14)12-6-7/h5-6H,2,4H2,(H,13,14). The van der Waals surface area contributed by atoms with Gasteiger partial charge in [-0.05, 0) is 0 Å². The van der Waals surface area contributed by atoms with Gasteiger partial charge < -0.3 is 5.11 Å². The second-order valence-corrected chi connectivity index (χ2v) is 3.13. The molecule has 0 fully saturated rings. The molecule has 0 aromatic carbocycles. The second-order valence-electron chi connectivity index (χ2n) is 2.34. The van der Waals surface area contributed by atoms with Crippen molar-refractivity contribution < 1.29 is 9.90 Å². The highest BCUT2D eigenvalue weighted by molar-refractivity contribution is 9.09. The summed E-state index contributed by atoms with van der Waals surface area (Å²) in [6.07, 6.45) is 3.54. The Balaban J connectivity index is 2.75. The van der Waals surface area contributed by atoms with Gasteiger partial charge in [-0.3, -0.25) is 0 Å². The zero-order valence-electron chi connectivity index (χ0n) is 7.20. The second kappa shape index (κ2) is 5.35. The Labute approximate surface area is 89.5 Å². The highest BCUT2D eigenvalue weighted by Gasteiger charge is 2.03. The Bertz CT molecular complexity index is 378. The predicted molar refractivity (Wildman–Crippen MR) is 54.3 cm³/mol. The lowest BCUT2D eigenvalue weighted by molar-refractivity contribution is 0.0683. The highest BCUT2D eigenvalue weighted by atomic mass is 79.9. The molecule has 0 aliphatic carbocycles. The first-order valence-electron chi connectivity index (χ1n) is 3.84. The molecule has 1 aromatic rings. The molecule has 72 valence electrons. The number of hydrogen-bond donors (Lipinski definition) is 1. The summed E-state index contributed by atoms with van der Waals surface area (Å²) in [5.41, 5.74) is 0.621. The number of carboxylic acids is 1. The van der Waals surface area contributed by atoms with Crippen LogP contribution in [0, 0.1) is 11.8 Å². The molecule has 0 atom stereocenters. The van der Waals surface area contributed by atoms with Crippen LogP contribution in [0.3, 0.4) is 0 Å². The fraction of sp³-hybridized carbons (Fsp3) is 0.222. The van der Waals surface area contributed by atoms with Crippen LogP contribution in [0.25, 0.3) is 0 Å². The van der Waals surface area contributed by atoms with Crippen molar-refractivity contribution in [3.8, 4) is 11.8 Å². The van der Waals surface area contributed by atoms with Crippen LogP contribution in [0.15, 0.2) is 12.4 Å². The minimum atomic E-state index is -1.13. The minimum absolute atomic E-state index is 0.212. The molecule has 0 aliphatic rings. The number of halogens is 1. The number of aromatic nitrogens is 2. The van der Waals surface area contributed by atoms with E-state index in [0.717, 1.165) is 11.8 Å². The molecule has 1 heterocycles. The van der Waals surface area contributed by atoms with E-state index in [1.54, 1.807) is 0 Å². The fourth-order valence-corrected chi connectivity index (χ4v) is 0.913. The third kappa shape index (κ3) is 3.15. The van der Waals surface area contributed by atoms with Gasteiger partial charge in [0.05, 0.1) is 5.56 Å². The van der Waals surface area contributed by atoms with Crippen LogP contribution in [-0.4, -0.2) is 26.4 Å². The molecule has 1 aromatic heterocycles. The molecule has 0 unspecified atom stereocenters. The van der Waals surface area contributed by atoms with E-state index >= 15 is 0 Å². The van der Waals surface area contributed by atoms with Gasteiger partial charge in [0.25, 0.3) is 0 Å². The zero-order valence-corrected chi connectivity index (χ0v) is 8.78. The number of carbonyl (C=O) groups is 1. The Morgan fingerprint density at radius 1 is 1.50 bits per heavy atom. The van der Waals surface area contributed by atoms with Gasteiger partial charge >= 0.3 is 5.97 Å². The summed E-state index contributed by atoms with van der Waals surface area (Å²) in [5.74, 6) is 4.34. The summed E-state index contributed by atoms with van der Waals surface area (Å²) in [7, 11) is 0. The first kappa shape index (κ1) is 10.7. The Morgan fingerprint density at radius 2 is 2.14 bits per heavy atom. The summed E-state index contributed by atoms with van der Waals surface area (Å²) in [5, 5.41) is 9.34. The number of nitrogens with zero attached hydrogens (tertiary/aromatic N) is 2. The molecule has 0 aliphatic heterocycles. The largest absolute Gasteiger partial charge is 0.475 e. The molecule has 0 spiro atoms. The molecule has 0 saturated carbocycles. The minimum Gasteiger partial charge on any atom is -0.475 e. The Morgan fingerprint density at radius 3 is 2.64 bits per heavy atom. The van der Waals surface area contributed by atoms with Crippen molar-refractivity contribution >= 4 is 21.9 Å². The number of alkyl halides is 1. The fourth-order valence-electron chi connectivity index (χ4n) is 0.715. The van der Waals surface area contributed by atoms with Crippen LogP contribution in [0.5, 0.6) is 0 Å². The quantitative estimate of drug-likeness (QED) is 0.639. The van der Waals surface area contributed by atoms with Gasteiger partial charge in [0.1, 0.15) is 0 Å². The lowest BCUT2D eigenvalue weighted by atomic mass is 10.3. The number of hydrogen-bond acceptors (Lipinski definition) is 3. The van der Waals surface area contributed by atoms with E-state index in [2.05, 4.69) is 37.7 Å². The maximum Gasteiger partial charge on any atom is 0.373 e. The Hall–Kier alpha value is -1.41. The van der Waals surface area contributed by atoms with E-state index in [9.17, 15) is 4.79 Å². The first-order valence-corrected chi connectivity index (χ1v) is 4.96. The monoisotopic (exact) mass is 254 g/mol. The molecular weight excluding hydrogens is 248 g/mol. The summed E-state index contributed by atoms with van der Waals surface area (Å²) < 4.78 is 0. The van der Waals surface area contributed by atoms with Crippen LogP contribution in [0.4, 0.5) is 0 Å². The van der Waals surface area contributed by atoms with Crippen LogP contribution in [-0.2, 0) is 0 Å². The maximum absolute atomic E-state index is 10.4. The van der Waals surface area contributed by atoms with E-state index in [4.69, 9.17) is 5.11 Å². The smallest absolute Gasteiger partial charge is 0.373 e. The predicted octanol–water partition coefficient (Wildman–Crippen LogP) is 1.31. The van der Waals surface area contributed by atoms with E-state index in [1.165, 1.54) is 12.4 Å². The van der Waals surface area contributed by atoms with Crippen molar-refractivity contribution in [3.05, 3.63) is 23.8 Å². The van der Waals surface area contributed by atoms with Gasteiger partial charge in [0.15, 0.2) is 0 Å². The average Bonchev–Trinajstić information content (AvgIpc) is 2.19. The van der Waals surface area contributed by atoms with E-state index in [1.807, 2.05) is 0 Å². The van der Waals surface area contributed by atoms with Gasteiger partial charge in [0, 0.05) is 24.1 Å². The molecule has 1 N–H and O–H groups in total. The highest BCUT2D eigenvalue weighted by Crippen LogP contribution is 1.94. The molecule has 0 radical (unpaired) electrons. The lowest BCUT2D eigenvalue weighted by Gasteiger charge is -1.91. The normalized spacial score (nSPS) is 8.93. The van der Waals surface area contributed by atoms with Gasteiger partial charge in [-0.15, -0.1) is 0 Å². The van der Waals surface area contributed by atoms with Crippen molar-refractivity contribution in [2.24, 2.45) is 0 Å².